The average molecular weight is 526 g/mol. The number of hydrogen-bond donors (Lipinski definition) is 0. The van der Waals surface area contributed by atoms with Crippen LogP contribution >= 0.6 is 0 Å². The summed E-state index contributed by atoms with van der Waals surface area (Å²) >= 11 is 0. The predicted molar refractivity (Wildman–Crippen MR) is 140 cm³/mol. The Morgan fingerprint density at radius 3 is 2.45 bits per heavy atom. The van der Waals surface area contributed by atoms with Crippen LogP contribution in [-0.2, 0) is 20.8 Å². The van der Waals surface area contributed by atoms with Crippen molar-refractivity contribution in [2.24, 2.45) is 5.41 Å². The van der Waals surface area contributed by atoms with Crippen LogP contribution < -0.4 is 9.64 Å². The fourth-order valence-corrected chi connectivity index (χ4v) is 4.72. The minimum atomic E-state index is -0.516. The smallest absolute Gasteiger partial charge is 0.410 e. The number of methoxy groups -OCH3 is 1. The van der Waals surface area contributed by atoms with E-state index in [0.29, 0.717) is 51.4 Å². The highest BCUT2D eigenvalue weighted by Gasteiger charge is 2.49. The van der Waals surface area contributed by atoms with Crippen LogP contribution in [0.3, 0.4) is 0 Å². The second-order valence-electron chi connectivity index (χ2n) is 11.1. The van der Waals surface area contributed by atoms with E-state index in [1.165, 1.54) is 13.2 Å². The van der Waals surface area contributed by atoms with Crippen molar-refractivity contribution >= 4 is 11.8 Å². The van der Waals surface area contributed by atoms with E-state index in [4.69, 9.17) is 24.2 Å². The first-order valence-electron chi connectivity index (χ1n) is 12.9. The van der Waals surface area contributed by atoms with Gasteiger partial charge in [0, 0.05) is 38.3 Å². The summed E-state index contributed by atoms with van der Waals surface area (Å²) in [4.78, 5) is 16.1. The zero-order valence-electron chi connectivity index (χ0n) is 22.5. The molecule has 2 fully saturated rings. The fraction of sp³-hybridized carbons (Fsp3) is 0.517. The third-order valence-electron chi connectivity index (χ3n) is 6.67. The molecule has 0 bridgehead atoms. The van der Waals surface area contributed by atoms with Crippen LogP contribution in [0, 0.1) is 22.6 Å². The van der Waals surface area contributed by atoms with Crippen molar-refractivity contribution in [1.82, 2.24) is 4.90 Å². The number of nitriles is 1. The predicted octanol–water partition coefficient (Wildman–Crippen LogP) is 5.10. The molecule has 1 spiro atoms. The summed E-state index contributed by atoms with van der Waals surface area (Å²) in [5.74, 6) is -0.187. The van der Waals surface area contributed by atoms with Crippen LogP contribution in [0.1, 0.15) is 44.7 Å². The number of anilines is 1. The molecule has 2 aliphatic heterocycles. The van der Waals surface area contributed by atoms with E-state index in [-0.39, 0.29) is 23.5 Å². The van der Waals surface area contributed by atoms with Crippen molar-refractivity contribution < 1.29 is 28.1 Å². The molecule has 2 aliphatic rings. The summed E-state index contributed by atoms with van der Waals surface area (Å²) < 4.78 is 36.8. The van der Waals surface area contributed by atoms with E-state index in [9.17, 15) is 9.18 Å². The second-order valence-corrected chi connectivity index (χ2v) is 11.1. The molecule has 1 amide bonds. The van der Waals surface area contributed by atoms with E-state index >= 15 is 0 Å². The van der Waals surface area contributed by atoms with E-state index in [1.54, 1.807) is 23.1 Å². The molecule has 9 heteroatoms. The Morgan fingerprint density at radius 1 is 1.18 bits per heavy atom. The molecular weight excluding hydrogens is 489 g/mol. The molecule has 204 valence electrons. The number of halogens is 1. The Balaban J connectivity index is 1.29. The van der Waals surface area contributed by atoms with Gasteiger partial charge in [0.25, 0.3) is 0 Å². The lowest BCUT2D eigenvalue weighted by molar-refractivity contribution is -0.255. The normalized spacial score (nSPS) is 17.0. The monoisotopic (exact) mass is 525 g/mol. The van der Waals surface area contributed by atoms with Gasteiger partial charge in [-0.15, -0.1) is 0 Å². The minimum absolute atomic E-state index is 0.166. The molecule has 2 aromatic carbocycles. The van der Waals surface area contributed by atoms with Crippen LogP contribution in [0.25, 0.3) is 0 Å². The Bertz CT molecular complexity index is 1140. The number of benzene rings is 2. The van der Waals surface area contributed by atoms with E-state index < -0.39 is 11.4 Å². The van der Waals surface area contributed by atoms with Crippen LogP contribution in [0.15, 0.2) is 42.5 Å². The lowest BCUT2D eigenvalue weighted by atomic mass is 9.81. The van der Waals surface area contributed by atoms with Gasteiger partial charge in [0.1, 0.15) is 5.60 Å². The highest BCUT2D eigenvalue weighted by Crippen LogP contribution is 2.36. The number of rotatable bonds is 8. The zero-order chi connectivity index (χ0) is 27.3. The molecule has 38 heavy (non-hydrogen) atoms. The molecule has 2 heterocycles. The summed E-state index contributed by atoms with van der Waals surface area (Å²) in [5, 5.41) is 9.14. The number of carbonyl (C=O) groups excluding carboxylic acids is 1. The molecule has 4 rings (SSSR count). The highest BCUT2D eigenvalue weighted by atomic mass is 19.1. The Morgan fingerprint density at radius 2 is 1.87 bits per heavy atom. The van der Waals surface area contributed by atoms with Crippen molar-refractivity contribution in [3.63, 3.8) is 0 Å². The Labute approximate surface area is 223 Å². The molecule has 0 saturated carbocycles. The first-order valence-corrected chi connectivity index (χ1v) is 12.9. The first kappa shape index (κ1) is 27.7. The van der Waals surface area contributed by atoms with E-state index in [1.807, 2.05) is 39.0 Å². The van der Waals surface area contributed by atoms with Crippen molar-refractivity contribution in [3.8, 4) is 11.8 Å². The van der Waals surface area contributed by atoms with Crippen molar-refractivity contribution in [3.05, 3.63) is 59.4 Å². The summed E-state index contributed by atoms with van der Waals surface area (Å²) in [5.41, 5.74) is 1.67. The molecule has 0 aliphatic carbocycles. The van der Waals surface area contributed by atoms with Gasteiger partial charge < -0.3 is 28.7 Å². The van der Waals surface area contributed by atoms with Gasteiger partial charge in [-0.05, 0) is 69.2 Å². The lowest BCUT2D eigenvalue weighted by Crippen LogP contribution is -2.65. The maximum absolute atomic E-state index is 14.3. The van der Waals surface area contributed by atoms with Gasteiger partial charge in [-0.1, -0.05) is 6.07 Å². The average Bonchev–Trinajstić information content (AvgIpc) is 2.86. The molecule has 2 aromatic rings. The minimum Gasteiger partial charge on any atom is -0.494 e. The maximum atomic E-state index is 14.3. The number of likely N-dealkylation sites (tertiary alicyclic amines) is 1. The van der Waals surface area contributed by atoms with E-state index in [0.717, 1.165) is 17.7 Å². The molecule has 0 N–H and O–H groups in total. The Hall–Kier alpha value is -3.35. The van der Waals surface area contributed by atoms with E-state index in [2.05, 4.69) is 11.0 Å². The topological polar surface area (TPSA) is 84.3 Å². The first-order chi connectivity index (χ1) is 18.1. The van der Waals surface area contributed by atoms with Gasteiger partial charge in [-0.25, -0.2) is 9.18 Å². The van der Waals surface area contributed by atoms with Gasteiger partial charge in [0.2, 0.25) is 0 Å². The molecule has 0 atom stereocenters. The van der Waals surface area contributed by atoms with Gasteiger partial charge >= 0.3 is 6.09 Å². The lowest BCUT2D eigenvalue weighted by Gasteiger charge is -2.52. The number of ether oxygens (including phenoxy) is 4. The molecule has 0 aromatic heterocycles. The van der Waals surface area contributed by atoms with Gasteiger partial charge in [-0.3, -0.25) is 0 Å². The number of hydrogen-bond acceptors (Lipinski definition) is 7. The van der Waals surface area contributed by atoms with Crippen molar-refractivity contribution in [1.29, 1.82) is 5.26 Å². The standard InChI is InChI=1S/C29H36FN3O5/c1-28(2,3)38-27(34)33-17-29(18-33)19-36-26(37-20-29)6-5-13-32(23-10-7-21(15-31)8-11-23)16-22-9-12-25(35-4)24(30)14-22/h7-12,14,26H,5-6,13,16-20H2,1-4H3. The largest absolute Gasteiger partial charge is 0.494 e. The number of carbonyl (C=O) groups is 1. The molecular formula is C29H36FN3O5. The van der Waals surface area contributed by atoms with Gasteiger partial charge in [-0.2, -0.15) is 5.26 Å². The fourth-order valence-electron chi connectivity index (χ4n) is 4.72. The van der Waals surface area contributed by atoms with Crippen LogP contribution in [0.5, 0.6) is 5.75 Å². The third-order valence-corrected chi connectivity index (χ3v) is 6.67. The molecule has 2 saturated heterocycles. The molecule has 0 radical (unpaired) electrons. The Kier molecular flexibility index (Phi) is 8.44. The summed E-state index contributed by atoms with van der Waals surface area (Å²) in [6, 6.07) is 14.5. The summed E-state index contributed by atoms with van der Waals surface area (Å²) in [6.45, 7) is 8.99. The van der Waals surface area contributed by atoms with Crippen molar-refractivity contribution in [2.75, 3.05) is 44.9 Å². The van der Waals surface area contributed by atoms with Gasteiger partial charge in [0.15, 0.2) is 17.9 Å². The second kappa shape index (κ2) is 11.6. The third kappa shape index (κ3) is 6.94. The SMILES string of the molecule is COc1ccc(CN(CCCC2OCC3(CO2)CN(C(=O)OC(C)(C)C)C3)c2ccc(C#N)cc2)cc1F. The quantitative estimate of drug-likeness (QED) is 0.474. The highest BCUT2D eigenvalue weighted by molar-refractivity contribution is 5.69. The summed E-state index contributed by atoms with van der Waals surface area (Å²) in [6.07, 6.45) is 0.887. The maximum Gasteiger partial charge on any atom is 0.410 e. The molecule has 8 nitrogen and oxygen atoms in total. The van der Waals surface area contributed by atoms with Crippen molar-refractivity contribution in [2.45, 2.75) is 52.0 Å². The zero-order valence-corrected chi connectivity index (χ0v) is 22.5. The van der Waals surface area contributed by atoms with Gasteiger partial charge in [0.05, 0.1) is 37.4 Å². The van der Waals surface area contributed by atoms with Crippen LogP contribution in [-0.4, -0.2) is 62.8 Å². The molecule has 0 unspecified atom stereocenters. The van der Waals surface area contributed by atoms with Crippen LogP contribution in [0.4, 0.5) is 14.9 Å². The van der Waals surface area contributed by atoms with Crippen LogP contribution in [0.2, 0.25) is 0 Å². The summed E-state index contributed by atoms with van der Waals surface area (Å²) in [7, 11) is 1.44. The number of nitrogens with zero attached hydrogens (tertiary/aromatic N) is 3. The number of amides is 1.